The Hall–Kier alpha value is -0.380. The summed E-state index contributed by atoms with van der Waals surface area (Å²) in [5.74, 6) is 0.314. The van der Waals surface area contributed by atoms with E-state index in [1.165, 1.54) is 11.1 Å². The van der Waals surface area contributed by atoms with Crippen LogP contribution in [0.5, 0.6) is 0 Å². The summed E-state index contributed by atoms with van der Waals surface area (Å²) in [6.45, 7) is 6.02. The third kappa shape index (κ3) is 4.33. The maximum Gasteiger partial charge on any atom is 0.0468 e. The van der Waals surface area contributed by atoms with E-state index in [4.69, 9.17) is 5.11 Å². The van der Waals surface area contributed by atoms with Crippen LogP contribution in [-0.2, 0) is 6.54 Å². The Balaban J connectivity index is 2.44. The second-order valence-corrected chi connectivity index (χ2v) is 4.87. The molecule has 0 radical (unpaired) electrons. The first-order chi connectivity index (χ1) is 7.13. The maximum atomic E-state index is 8.87. The Labute approximate surface area is 99.8 Å². The molecule has 1 aromatic rings. The van der Waals surface area contributed by atoms with E-state index in [-0.39, 0.29) is 6.61 Å². The molecule has 0 saturated carbocycles. The van der Waals surface area contributed by atoms with Crippen molar-refractivity contribution in [1.82, 2.24) is 5.32 Å². The zero-order chi connectivity index (χ0) is 11.3. The number of benzene rings is 1. The van der Waals surface area contributed by atoms with Gasteiger partial charge in [-0.3, -0.25) is 0 Å². The molecule has 1 rings (SSSR count). The molecule has 0 saturated heterocycles. The monoisotopic (exact) mass is 271 g/mol. The highest BCUT2D eigenvalue weighted by molar-refractivity contribution is 9.10. The molecule has 2 nitrogen and oxygen atoms in total. The fourth-order valence-electron chi connectivity index (χ4n) is 1.31. The van der Waals surface area contributed by atoms with E-state index in [0.29, 0.717) is 5.92 Å². The van der Waals surface area contributed by atoms with E-state index in [1.807, 2.05) is 6.92 Å². The largest absolute Gasteiger partial charge is 0.396 e. The lowest BCUT2D eigenvalue weighted by atomic mass is 10.1. The lowest BCUT2D eigenvalue weighted by Crippen LogP contribution is -2.22. The molecule has 15 heavy (non-hydrogen) atoms. The number of aryl methyl sites for hydroxylation is 1. The van der Waals surface area contributed by atoms with E-state index in [1.54, 1.807) is 0 Å². The second-order valence-electron chi connectivity index (χ2n) is 4.01. The first kappa shape index (κ1) is 12.7. The number of halogens is 1. The third-order valence-corrected chi connectivity index (χ3v) is 3.07. The van der Waals surface area contributed by atoms with Crippen LogP contribution >= 0.6 is 15.9 Å². The average Bonchev–Trinajstić information content (AvgIpc) is 2.21. The number of aliphatic hydroxyl groups is 1. The minimum Gasteiger partial charge on any atom is -0.396 e. The smallest absolute Gasteiger partial charge is 0.0468 e. The quantitative estimate of drug-likeness (QED) is 0.863. The van der Waals surface area contributed by atoms with Gasteiger partial charge in [0.15, 0.2) is 0 Å². The fourth-order valence-corrected chi connectivity index (χ4v) is 1.95. The molecular formula is C12H18BrNO. The number of hydrogen-bond acceptors (Lipinski definition) is 2. The van der Waals surface area contributed by atoms with Crippen LogP contribution < -0.4 is 5.32 Å². The molecule has 0 heterocycles. The van der Waals surface area contributed by atoms with Crippen LogP contribution in [0.3, 0.4) is 0 Å². The number of aliphatic hydroxyl groups excluding tert-OH is 1. The highest BCUT2D eigenvalue weighted by Crippen LogP contribution is 2.17. The first-order valence-corrected chi connectivity index (χ1v) is 5.99. The molecule has 2 N–H and O–H groups in total. The summed E-state index contributed by atoms with van der Waals surface area (Å²) in [5.41, 5.74) is 2.51. The van der Waals surface area contributed by atoms with Gasteiger partial charge in [0.1, 0.15) is 0 Å². The Morgan fingerprint density at radius 2 is 2.20 bits per heavy atom. The molecule has 0 aliphatic rings. The zero-order valence-electron chi connectivity index (χ0n) is 9.26. The summed E-state index contributed by atoms with van der Waals surface area (Å²) in [7, 11) is 0. The predicted molar refractivity (Wildman–Crippen MR) is 66.8 cm³/mol. The van der Waals surface area contributed by atoms with Crippen molar-refractivity contribution in [2.24, 2.45) is 5.92 Å². The van der Waals surface area contributed by atoms with Crippen molar-refractivity contribution in [3.8, 4) is 0 Å². The van der Waals surface area contributed by atoms with Gasteiger partial charge >= 0.3 is 0 Å². The van der Waals surface area contributed by atoms with Crippen LogP contribution in [0.25, 0.3) is 0 Å². The van der Waals surface area contributed by atoms with Crippen LogP contribution in [0, 0.1) is 12.8 Å². The molecule has 1 unspecified atom stereocenters. The molecule has 3 heteroatoms. The van der Waals surface area contributed by atoms with E-state index >= 15 is 0 Å². The zero-order valence-corrected chi connectivity index (χ0v) is 10.8. The average molecular weight is 272 g/mol. The van der Waals surface area contributed by atoms with Gasteiger partial charge in [-0.2, -0.15) is 0 Å². The van der Waals surface area contributed by atoms with E-state index in [9.17, 15) is 0 Å². The molecule has 0 aliphatic heterocycles. The van der Waals surface area contributed by atoms with Gasteiger partial charge < -0.3 is 10.4 Å². The summed E-state index contributed by atoms with van der Waals surface area (Å²) < 4.78 is 1.15. The van der Waals surface area contributed by atoms with Crippen molar-refractivity contribution in [2.75, 3.05) is 13.2 Å². The SMILES string of the molecule is Cc1ccc(CNCC(C)CO)c(Br)c1. The Kier molecular flexibility index (Phi) is 5.29. The molecule has 0 fully saturated rings. The third-order valence-electron chi connectivity index (χ3n) is 2.33. The summed E-state index contributed by atoms with van der Waals surface area (Å²) in [6, 6.07) is 6.35. The van der Waals surface area contributed by atoms with Gasteiger partial charge in [0.05, 0.1) is 0 Å². The molecule has 0 aromatic heterocycles. The van der Waals surface area contributed by atoms with Gasteiger partial charge in [-0.15, -0.1) is 0 Å². The summed E-state index contributed by atoms with van der Waals surface area (Å²) in [5, 5.41) is 12.2. The molecular weight excluding hydrogens is 254 g/mol. The van der Waals surface area contributed by atoms with Crippen molar-refractivity contribution < 1.29 is 5.11 Å². The number of nitrogens with one attached hydrogen (secondary N) is 1. The van der Waals surface area contributed by atoms with Gasteiger partial charge in [0.2, 0.25) is 0 Å². The van der Waals surface area contributed by atoms with Crippen molar-refractivity contribution in [1.29, 1.82) is 0 Å². The maximum absolute atomic E-state index is 8.87. The molecule has 0 spiro atoms. The number of rotatable bonds is 5. The first-order valence-electron chi connectivity index (χ1n) is 5.20. The van der Waals surface area contributed by atoms with Gasteiger partial charge in [0, 0.05) is 24.2 Å². The van der Waals surface area contributed by atoms with Crippen molar-refractivity contribution >= 4 is 15.9 Å². The van der Waals surface area contributed by atoms with Crippen molar-refractivity contribution in [3.63, 3.8) is 0 Å². The minimum atomic E-state index is 0.238. The summed E-state index contributed by atoms with van der Waals surface area (Å²) in [4.78, 5) is 0. The Bertz CT molecular complexity index is 314. The molecule has 84 valence electrons. The Morgan fingerprint density at radius 3 is 2.80 bits per heavy atom. The van der Waals surface area contributed by atoms with Crippen molar-refractivity contribution in [3.05, 3.63) is 33.8 Å². The highest BCUT2D eigenvalue weighted by Gasteiger charge is 2.02. The molecule has 1 atom stereocenters. The van der Waals surface area contributed by atoms with Gasteiger partial charge in [-0.25, -0.2) is 0 Å². The van der Waals surface area contributed by atoms with Crippen LogP contribution in [0.15, 0.2) is 22.7 Å². The van der Waals surface area contributed by atoms with Gasteiger partial charge in [-0.05, 0) is 30.0 Å². The van der Waals surface area contributed by atoms with E-state index in [2.05, 4.69) is 46.4 Å². The van der Waals surface area contributed by atoms with Gasteiger partial charge in [-0.1, -0.05) is 35.0 Å². The molecule has 0 amide bonds. The lowest BCUT2D eigenvalue weighted by Gasteiger charge is -2.10. The highest BCUT2D eigenvalue weighted by atomic mass is 79.9. The molecule has 1 aromatic carbocycles. The van der Waals surface area contributed by atoms with Crippen molar-refractivity contribution in [2.45, 2.75) is 20.4 Å². The van der Waals surface area contributed by atoms with Crippen LogP contribution in [0.2, 0.25) is 0 Å². The van der Waals surface area contributed by atoms with E-state index < -0.39 is 0 Å². The predicted octanol–water partition coefficient (Wildman–Crippen LogP) is 2.48. The summed E-state index contributed by atoms with van der Waals surface area (Å²) in [6.07, 6.45) is 0. The van der Waals surface area contributed by atoms with E-state index in [0.717, 1.165) is 17.6 Å². The topological polar surface area (TPSA) is 32.3 Å². The van der Waals surface area contributed by atoms with Crippen LogP contribution in [0.4, 0.5) is 0 Å². The fraction of sp³-hybridized carbons (Fsp3) is 0.500. The number of hydrogen-bond donors (Lipinski definition) is 2. The lowest BCUT2D eigenvalue weighted by molar-refractivity contribution is 0.233. The standard InChI is InChI=1S/C12H18BrNO/c1-9-3-4-11(12(13)5-9)7-14-6-10(2)8-15/h3-5,10,14-15H,6-8H2,1-2H3. The normalized spacial score (nSPS) is 12.8. The molecule has 0 bridgehead atoms. The molecule has 0 aliphatic carbocycles. The summed E-state index contributed by atoms with van der Waals surface area (Å²) >= 11 is 3.54. The van der Waals surface area contributed by atoms with Gasteiger partial charge in [0.25, 0.3) is 0 Å². The second kappa shape index (κ2) is 6.26. The Morgan fingerprint density at radius 1 is 1.47 bits per heavy atom. The minimum absolute atomic E-state index is 0.238. The van der Waals surface area contributed by atoms with Crippen LogP contribution in [0.1, 0.15) is 18.1 Å². The van der Waals surface area contributed by atoms with Crippen LogP contribution in [-0.4, -0.2) is 18.3 Å².